The number of hydrogen-bond acceptors (Lipinski definition) is 11. The van der Waals surface area contributed by atoms with Crippen LogP contribution in [0.2, 0.25) is 0 Å². The molecule has 0 N–H and O–H groups in total. The molecule has 0 saturated carbocycles. The first-order valence-electron chi connectivity index (χ1n) is 14.2. The molecule has 2 heterocycles. The Morgan fingerprint density at radius 2 is 1.76 bits per heavy atom. The van der Waals surface area contributed by atoms with Crippen molar-refractivity contribution >= 4 is 45.3 Å². The van der Waals surface area contributed by atoms with E-state index < -0.39 is 23.5 Å². The maximum absolute atomic E-state index is 14.2. The lowest BCUT2D eigenvalue weighted by Gasteiger charge is -2.25. The van der Waals surface area contributed by atoms with Crippen LogP contribution in [0.4, 0.5) is 0 Å². The van der Waals surface area contributed by atoms with Gasteiger partial charge in [-0.05, 0) is 70.5 Å². The third kappa shape index (κ3) is 7.42. The second-order valence-electron chi connectivity index (χ2n) is 10.00. The molecule has 1 atom stereocenters. The molecule has 4 rings (SSSR count). The minimum absolute atomic E-state index is 0.0949. The van der Waals surface area contributed by atoms with Gasteiger partial charge in [0.2, 0.25) is 0 Å². The third-order valence-electron chi connectivity index (χ3n) is 6.58. The third-order valence-corrected chi connectivity index (χ3v) is 8.02. The van der Waals surface area contributed by atoms with Gasteiger partial charge in [0.15, 0.2) is 34.4 Å². The number of benzene rings is 2. The van der Waals surface area contributed by atoms with Gasteiger partial charge in [0.25, 0.3) is 5.56 Å². The predicted molar refractivity (Wildman–Crippen MR) is 172 cm³/mol. The molecular weight excluding hydrogens is 668 g/mol. The lowest BCUT2D eigenvalue weighted by atomic mass is 9.95. The first-order valence-corrected chi connectivity index (χ1v) is 15.8. The number of halogens is 1. The topological polar surface area (TPSA) is 124 Å². The Morgan fingerprint density at radius 3 is 2.40 bits per heavy atom. The SMILES string of the molecule is CCOC(=O)COc1c(/C=c2/sc3n(c2=O)[C@@H](c2ccc(OC(C)C)c(OC)c2)C(C(=O)OCC)=C(C)N=3)cc(Br)cc1OC. The minimum Gasteiger partial charge on any atom is -0.493 e. The van der Waals surface area contributed by atoms with Crippen LogP contribution in [0.15, 0.2) is 55.9 Å². The van der Waals surface area contributed by atoms with Gasteiger partial charge in [0.05, 0.1) is 55.4 Å². The summed E-state index contributed by atoms with van der Waals surface area (Å²) in [5.74, 6) is 0.458. The van der Waals surface area contributed by atoms with Gasteiger partial charge in [-0.15, -0.1) is 0 Å². The molecule has 45 heavy (non-hydrogen) atoms. The highest BCUT2D eigenvalue weighted by Gasteiger charge is 2.34. The smallest absolute Gasteiger partial charge is 0.344 e. The summed E-state index contributed by atoms with van der Waals surface area (Å²) in [4.78, 5) is 44.6. The van der Waals surface area contributed by atoms with Crippen LogP contribution in [-0.2, 0) is 19.1 Å². The lowest BCUT2D eigenvalue weighted by Crippen LogP contribution is -2.40. The Bertz CT molecular complexity index is 1810. The lowest BCUT2D eigenvalue weighted by molar-refractivity contribution is -0.145. The number of methoxy groups -OCH3 is 2. The maximum atomic E-state index is 14.2. The van der Waals surface area contributed by atoms with E-state index in [9.17, 15) is 14.4 Å². The molecule has 0 spiro atoms. The van der Waals surface area contributed by atoms with E-state index in [0.717, 1.165) is 11.3 Å². The van der Waals surface area contributed by atoms with Crippen molar-refractivity contribution in [2.24, 2.45) is 4.99 Å². The molecule has 1 aromatic heterocycles. The highest BCUT2D eigenvalue weighted by Crippen LogP contribution is 2.37. The maximum Gasteiger partial charge on any atom is 0.344 e. The summed E-state index contributed by atoms with van der Waals surface area (Å²) in [7, 11) is 3.00. The number of hydrogen-bond donors (Lipinski definition) is 0. The molecule has 0 unspecified atom stereocenters. The van der Waals surface area contributed by atoms with E-state index in [1.165, 1.54) is 18.8 Å². The van der Waals surface area contributed by atoms with Crippen LogP contribution < -0.4 is 33.8 Å². The fourth-order valence-corrected chi connectivity index (χ4v) is 6.28. The van der Waals surface area contributed by atoms with Gasteiger partial charge in [-0.25, -0.2) is 14.6 Å². The van der Waals surface area contributed by atoms with Crippen molar-refractivity contribution in [1.82, 2.24) is 4.57 Å². The molecule has 13 heteroatoms. The summed E-state index contributed by atoms with van der Waals surface area (Å²) < 4.78 is 35.7. The van der Waals surface area contributed by atoms with Crippen LogP contribution in [0.25, 0.3) is 6.08 Å². The number of aromatic nitrogens is 1. The van der Waals surface area contributed by atoms with Crippen LogP contribution in [0.3, 0.4) is 0 Å². The van der Waals surface area contributed by atoms with Gasteiger partial charge in [0.1, 0.15) is 0 Å². The van der Waals surface area contributed by atoms with Crippen LogP contribution in [-0.4, -0.2) is 56.6 Å². The fraction of sp³-hybridized carbons (Fsp3) is 0.375. The van der Waals surface area contributed by atoms with Crippen molar-refractivity contribution in [2.75, 3.05) is 34.0 Å². The first-order chi connectivity index (χ1) is 21.5. The zero-order valence-electron chi connectivity index (χ0n) is 26.1. The standard InChI is InChI=1S/C32H35BrN2O9S/c1-8-41-26(36)16-43-29-20(12-21(33)15-24(29)40-7)14-25-30(37)35-28(19-10-11-22(44-17(3)4)23(13-19)39-6)27(31(38)42-9-2)18(5)34-32(35)45-25/h10-15,17,28H,8-9,16H2,1-7H3/b25-14+/t28-/m0/s1. The number of nitrogens with zero attached hydrogens (tertiary/aromatic N) is 2. The Labute approximate surface area is 272 Å². The largest absolute Gasteiger partial charge is 0.493 e. The molecule has 0 bridgehead atoms. The normalized spacial score (nSPS) is 14.5. The van der Waals surface area contributed by atoms with E-state index in [0.29, 0.717) is 47.9 Å². The quantitative estimate of drug-likeness (QED) is 0.254. The van der Waals surface area contributed by atoms with E-state index >= 15 is 0 Å². The average molecular weight is 704 g/mol. The number of carbonyl (C=O) groups is 2. The summed E-state index contributed by atoms with van der Waals surface area (Å²) in [6.45, 7) is 8.95. The van der Waals surface area contributed by atoms with Gasteiger partial charge in [-0.3, -0.25) is 9.36 Å². The van der Waals surface area contributed by atoms with Crippen LogP contribution in [0.5, 0.6) is 23.0 Å². The van der Waals surface area contributed by atoms with Crippen molar-refractivity contribution in [3.05, 3.63) is 76.9 Å². The van der Waals surface area contributed by atoms with E-state index in [4.69, 9.17) is 28.4 Å². The monoisotopic (exact) mass is 702 g/mol. The number of esters is 2. The van der Waals surface area contributed by atoms with Crippen molar-refractivity contribution in [2.45, 2.75) is 46.8 Å². The zero-order valence-corrected chi connectivity index (χ0v) is 28.5. The van der Waals surface area contributed by atoms with E-state index in [2.05, 4.69) is 20.9 Å². The molecule has 0 fully saturated rings. The minimum atomic E-state index is -0.860. The summed E-state index contributed by atoms with van der Waals surface area (Å²) in [6.07, 6.45) is 1.54. The molecule has 0 aliphatic carbocycles. The van der Waals surface area contributed by atoms with Crippen molar-refractivity contribution < 1.29 is 38.0 Å². The molecule has 11 nitrogen and oxygen atoms in total. The zero-order chi connectivity index (χ0) is 32.8. The van der Waals surface area contributed by atoms with Gasteiger partial charge in [-0.1, -0.05) is 33.3 Å². The van der Waals surface area contributed by atoms with E-state index in [-0.39, 0.29) is 37.2 Å². The second-order valence-corrected chi connectivity index (χ2v) is 11.9. The Balaban J connectivity index is 1.93. The Kier molecular flexibility index (Phi) is 11.1. The number of allylic oxidation sites excluding steroid dienone is 1. The molecule has 0 amide bonds. The number of ether oxygens (including phenoxy) is 6. The number of carbonyl (C=O) groups excluding carboxylic acids is 2. The highest BCUT2D eigenvalue weighted by molar-refractivity contribution is 9.10. The number of fused-ring (bicyclic) bond motifs is 1. The molecule has 240 valence electrons. The summed E-state index contributed by atoms with van der Waals surface area (Å²) in [6, 6.07) is 7.86. The first kappa shape index (κ1) is 33.8. The van der Waals surface area contributed by atoms with Crippen LogP contribution in [0, 0.1) is 0 Å². The Hall–Kier alpha value is -4.10. The molecule has 0 radical (unpaired) electrons. The second kappa shape index (κ2) is 14.8. The Morgan fingerprint density at radius 1 is 1.04 bits per heavy atom. The van der Waals surface area contributed by atoms with Crippen molar-refractivity contribution in [1.29, 1.82) is 0 Å². The fourth-order valence-electron chi connectivity index (χ4n) is 4.79. The number of rotatable bonds is 12. The van der Waals surface area contributed by atoms with Gasteiger partial charge < -0.3 is 28.4 Å². The summed E-state index contributed by atoms with van der Waals surface area (Å²) in [5.41, 5.74) is 1.35. The predicted octanol–water partition coefficient (Wildman–Crippen LogP) is 4.31. The van der Waals surface area contributed by atoms with Crippen molar-refractivity contribution in [3.63, 3.8) is 0 Å². The van der Waals surface area contributed by atoms with E-state index in [1.54, 1.807) is 57.2 Å². The van der Waals surface area contributed by atoms with Crippen molar-refractivity contribution in [3.8, 4) is 23.0 Å². The van der Waals surface area contributed by atoms with Gasteiger partial charge >= 0.3 is 11.9 Å². The molecule has 2 aromatic carbocycles. The van der Waals surface area contributed by atoms with Gasteiger partial charge in [-0.2, -0.15) is 0 Å². The average Bonchev–Trinajstić information content (AvgIpc) is 3.29. The molecule has 1 aliphatic rings. The molecular formula is C32H35BrN2O9S. The number of thiazole rings is 1. The highest BCUT2D eigenvalue weighted by atomic mass is 79.9. The van der Waals surface area contributed by atoms with E-state index in [1.807, 2.05) is 13.8 Å². The molecule has 0 saturated heterocycles. The van der Waals surface area contributed by atoms with Crippen LogP contribution >= 0.6 is 27.3 Å². The van der Waals surface area contributed by atoms with Gasteiger partial charge in [0, 0.05) is 10.0 Å². The molecule has 1 aliphatic heterocycles. The van der Waals surface area contributed by atoms with Crippen LogP contribution in [0.1, 0.15) is 51.8 Å². The summed E-state index contributed by atoms with van der Waals surface area (Å²) >= 11 is 4.63. The summed E-state index contributed by atoms with van der Waals surface area (Å²) in [5, 5.41) is 0. The molecule has 3 aromatic rings.